The van der Waals surface area contributed by atoms with Crippen LogP contribution in [-0.2, 0) is 32.7 Å². The normalized spacial score (nSPS) is 15.1. The van der Waals surface area contributed by atoms with Gasteiger partial charge in [-0.3, -0.25) is 0 Å². The van der Waals surface area contributed by atoms with Gasteiger partial charge in [0.15, 0.2) is 5.82 Å². The van der Waals surface area contributed by atoms with Crippen molar-refractivity contribution in [3.63, 3.8) is 0 Å². The molecular formula is C26H31F3N3OY-. The average molecular weight is 547 g/mol. The molecule has 34 heavy (non-hydrogen) atoms. The first-order valence-electron chi connectivity index (χ1n) is 10.6. The van der Waals surface area contributed by atoms with E-state index in [0.29, 0.717) is 5.92 Å². The van der Waals surface area contributed by atoms with E-state index in [2.05, 4.69) is 60.3 Å². The van der Waals surface area contributed by atoms with Crippen molar-refractivity contribution < 1.29 is 50.6 Å². The van der Waals surface area contributed by atoms with Gasteiger partial charge in [0.1, 0.15) is 5.75 Å². The molecule has 2 heterocycles. The van der Waals surface area contributed by atoms with E-state index in [1.54, 1.807) is 12.1 Å². The number of allylic oxidation sites excluding steroid dienone is 1. The van der Waals surface area contributed by atoms with Crippen LogP contribution in [0.5, 0.6) is 5.75 Å². The molecule has 8 heteroatoms. The van der Waals surface area contributed by atoms with Gasteiger partial charge in [-0.05, 0) is 44.0 Å². The van der Waals surface area contributed by atoms with Crippen molar-refractivity contribution >= 4 is 11.5 Å². The number of ether oxygens (including phenoxy) is 1. The molecule has 1 atom stereocenters. The van der Waals surface area contributed by atoms with Crippen LogP contribution in [-0.4, -0.2) is 17.9 Å². The third-order valence-corrected chi connectivity index (χ3v) is 4.95. The third kappa shape index (κ3) is 8.91. The zero-order chi connectivity index (χ0) is 24.8. The number of pyridine rings is 1. The quantitative estimate of drug-likeness (QED) is 0.317. The van der Waals surface area contributed by atoms with Crippen LogP contribution in [0.1, 0.15) is 49.8 Å². The fraction of sp³-hybridized carbons (Fsp3) is 0.308. The van der Waals surface area contributed by atoms with Gasteiger partial charge in [0.05, 0.1) is 12.2 Å². The Morgan fingerprint density at radius 1 is 1.18 bits per heavy atom. The number of fused-ring (bicyclic) bond motifs is 1. The molecule has 0 bridgehead atoms. The Labute approximate surface area is 225 Å². The molecule has 0 saturated heterocycles. The molecular weight excluding hydrogens is 516 g/mol. The Balaban J connectivity index is 0.000000314. The molecule has 1 aromatic carbocycles. The zero-order valence-corrected chi connectivity index (χ0v) is 22.6. The van der Waals surface area contributed by atoms with Crippen molar-refractivity contribution in [2.75, 3.05) is 16.8 Å². The predicted molar refractivity (Wildman–Crippen MR) is 129 cm³/mol. The molecule has 1 aromatic heterocycles. The van der Waals surface area contributed by atoms with Crippen molar-refractivity contribution in [2.45, 2.75) is 44.9 Å². The Kier molecular flexibility index (Phi) is 11.5. The van der Waals surface area contributed by atoms with Gasteiger partial charge in [0.2, 0.25) is 0 Å². The second-order valence-electron chi connectivity index (χ2n) is 7.95. The van der Waals surface area contributed by atoms with Gasteiger partial charge in [-0.2, -0.15) is 0 Å². The molecule has 1 aliphatic heterocycles. The minimum atomic E-state index is -4.63. The third-order valence-electron chi connectivity index (χ3n) is 4.95. The molecule has 2 aliphatic rings. The summed E-state index contributed by atoms with van der Waals surface area (Å²) < 4.78 is 39.0. The predicted octanol–water partition coefficient (Wildman–Crippen LogP) is 7.56. The van der Waals surface area contributed by atoms with Crippen LogP contribution in [0, 0.1) is 6.92 Å². The van der Waals surface area contributed by atoms with Gasteiger partial charge in [-0.15, -0.1) is 32.2 Å². The van der Waals surface area contributed by atoms with E-state index in [4.69, 9.17) is 4.98 Å². The zero-order valence-electron chi connectivity index (χ0n) is 19.8. The van der Waals surface area contributed by atoms with Crippen LogP contribution >= 0.6 is 0 Å². The standard InChI is InChI=1S/C14H17N3.C10H10F3O.C2H4.Y/c1-9(2)17-8-10(3)15-13-7-6-12(11-4-5-11)16-14(13)17;1-7(2)8-3-5-9(6-4-8)14-10(11,12)13;1-2;/h6-7,11,15H,1,3-5,8H2,2H3;3-7H,1H2,2H3;1-2H2;/q;-1;;. The number of aromatic nitrogens is 1. The number of alkyl halides is 3. The SMILES string of the molecule is C=C.C=C1CN(C(=C)C)c2nc(C3CC3)ccc2N1.[CH2-]C(C)c1ccc(OC(F)(F)F)cc1.[Y]. The molecule has 2 aromatic rings. The summed E-state index contributed by atoms with van der Waals surface area (Å²) in [6.45, 7) is 22.4. The Morgan fingerprint density at radius 3 is 2.24 bits per heavy atom. The monoisotopic (exact) mass is 547 g/mol. The number of nitrogens with one attached hydrogen (secondary N) is 1. The molecule has 4 nitrogen and oxygen atoms in total. The molecule has 0 spiro atoms. The molecule has 1 unspecified atom stereocenters. The maximum absolute atomic E-state index is 11.8. The molecule has 181 valence electrons. The van der Waals surface area contributed by atoms with Crippen molar-refractivity contribution in [3.8, 4) is 5.75 Å². The van der Waals surface area contributed by atoms with Crippen molar-refractivity contribution in [3.05, 3.63) is 92.3 Å². The summed E-state index contributed by atoms with van der Waals surface area (Å²) in [6.07, 6.45) is -2.07. The molecule has 1 fully saturated rings. The Morgan fingerprint density at radius 2 is 1.76 bits per heavy atom. The first-order valence-corrected chi connectivity index (χ1v) is 10.6. The van der Waals surface area contributed by atoms with Crippen LogP contribution in [0.2, 0.25) is 0 Å². The number of nitrogens with zero attached hydrogens (tertiary/aromatic N) is 2. The molecule has 1 aliphatic carbocycles. The summed E-state index contributed by atoms with van der Waals surface area (Å²) in [7, 11) is 0. The number of benzene rings is 1. The van der Waals surface area contributed by atoms with E-state index in [1.165, 1.54) is 30.7 Å². The fourth-order valence-corrected chi connectivity index (χ4v) is 3.18. The summed E-state index contributed by atoms with van der Waals surface area (Å²) in [5, 5.41) is 3.29. The summed E-state index contributed by atoms with van der Waals surface area (Å²) in [6, 6.07) is 9.93. The minimum absolute atomic E-state index is 0. The van der Waals surface area contributed by atoms with Gasteiger partial charge < -0.3 is 21.9 Å². The number of halogens is 3. The van der Waals surface area contributed by atoms with Gasteiger partial charge in [0.25, 0.3) is 0 Å². The average Bonchev–Trinajstić information content (AvgIpc) is 3.59. The van der Waals surface area contributed by atoms with Crippen LogP contribution in [0.15, 0.2) is 74.1 Å². The van der Waals surface area contributed by atoms with Crippen LogP contribution in [0.25, 0.3) is 0 Å². The van der Waals surface area contributed by atoms with E-state index in [0.717, 1.165) is 35.0 Å². The number of anilines is 2. The Hall–Kier alpha value is -2.12. The van der Waals surface area contributed by atoms with E-state index >= 15 is 0 Å². The van der Waals surface area contributed by atoms with Crippen LogP contribution in [0.4, 0.5) is 24.7 Å². The van der Waals surface area contributed by atoms with Gasteiger partial charge in [0, 0.05) is 55.7 Å². The number of hydrogen-bond acceptors (Lipinski definition) is 4. The topological polar surface area (TPSA) is 37.4 Å². The van der Waals surface area contributed by atoms with Crippen molar-refractivity contribution in [1.82, 2.24) is 4.98 Å². The maximum Gasteiger partial charge on any atom is 0.573 e. The second kappa shape index (κ2) is 13.1. The molecule has 1 radical (unpaired) electrons. The van der Waals surface area contributed by atoms with Gasteiger partial charge in [-0.25, -0.2) is 4.98 Å². The smallest absolute Gasteiger partial charge is 0.406 e. The van der Waals surface area contributed by atoms with E-state index in [9.17, 15) is 13.2 Å². The van der Waals surface area contributed by atoms with Crippen LogP contribution < -0.4 is 15.0 Å². The fourth-order valence-electron chi connectivity index (χ4n) is 3.18. The minimum Gasteiger partial charge on any atom is -0.406 e. The second-order valence-corrected chi connectivity index (χ2v) is 7.95. The van der Waals surface area contributed by atoms with Gasteiger partial charge in [-0.1, -0.05) is 37.8 Å². The number of rotatable bonds is 4. The number of hydrogen-bond donors (Lipinski definition) is 1. The molecule has 0 amide bonds. The van der Waals surface area contributed by atoms with E-state index in [-0.39, 0.29) is 44.4 Å². The van der Waals surface area contributed by atoms with Crippen LogP contribution in [0.3, 0.4) is 0 Å². The summed E-state index contributed by atoms with van der Waals surface area (Å²) in [5.74, 6) is 1.52. The van der Waals surface area contributed by atoms with Crippen molar-refractivity contribution in [1.29, 1.82) is 0 Å². The first-order chi connectivity index (χ1) is 15.5. The largest absolute Gasteiger partial charge is 0.573 e. The molecule has 1 N–H and O–H groups in total. The summed E-state index contributed by atoms with van der Waals surface area (Å²) >= 11 is 0. The summed E-state index contributed by atoms with van der Waals surface area (Å²) in [4.78, 5) is 6.90. The maximum atomic E-state index is 11.8. The van der Waals surface area contributed by atoms with E-state index in [1.807, 2.05) is 13.8 Å². The molecule has 1 saturated carbocycles. The summed E-state index contributed by atoms with van der Waals surface area (Å²) in [5.41, 5.74) is 5.12. The Bertz CT molecular complexity index is 970. The van der Waals surface area contributed by atoms with Crippen molar-refractivity contribution in [2.24, 2.45) is 0 Å². The molecule has 4 rings (SSSR count). The van der Waals surface area contributed by atoms with Gasteiger partial charge >= 0.3 is 6.36 Å². The first kappa shape index (κ1) is 29.9. The van der Waals surface area contributed by atoms with E-state index < -0.39 is 6.36 Å².